The Morgan fingerprint density at radius 3 is 2.36 bits per heavy atom. The van der Waals surface area contributed by atoms with E-state index < -0.39 is 0 Å². The molecule has 1 aromatic rings. The molecule has 0 unspecified atom stereocenters. The van der Waals surface area contributed by atoms with Crippen LogP contribution in [0.15, 0.2) is 12.1 Å². The van der Waals surface area contributed by atoms with E-state index in [-0.39, 0.29) is 0 Å². The molecule has 0 aliphatic rings. The molecule has 0 spiro atoms. The molecular weight excluding hydrogens is 138 g/mol. The molecule has 1 rings (SSSR count). The van der Waals surface area contributed by atoms with Crippen LogP contribution in [0.4, 0.5) is 0 Å². The molecule has 0 bridgehead atoms. The average molecular weight is 151 g/mol. The van der Waals surface area contributed by atoms with Crippen LogP contribution < -0.4 is 0 Å². The lowest BCUT2D eigenvalue weighted by Gasteiger charge is -2.05. The standard InChI is InChI=1S/C9H13NO/c1-8-4-5-9(2)10(8)6-3-7-11/h4-5,7H,3,6H2,1-2H3. The first-order chi connectivity index (χ1) is 5.25. The zero-order valence-corrected chi connectivity index (χ0v) is 7.00. The highest BCUT2D eigenvalue weighted by atomic mass is 16.1. The summed E-state index contributed by atoms with van der Waals surface area (Å²) in [6.45, 7) is 4.92. The minimum atomic E-state index is 0.607. The second-order valence-corrected chi connectivity index (χ2v) is 2.72. The number of aldehydes is 1. The van der Waals surface area contributed by atoms with Gasteiger partial charge in [-0.25, -0.2) is 0 Å². The molecule has 0 saturated carbocycles. The number of nitrogens with zero attached hydrogens (tertiary/aromatic N) is 1. The summed E-state index contributed by atoms with van der Waals surface area (Å²) >= 11 is 0. The molecule has 11 heavy (non-hydrogen) atoms. The van der Waals surface area contributed by atoms with Crippen LogP contribution in [0.25, 0.3) is 0 Å². The summed E-state index contributed by atoms with van der Waals surface area (Å²) in [5.41, 5.74) is 2.45. The summed E-state index contributed by atoms with van der Waals surface area (Å²) in [6.07, 6.45) is 1.56. The van der Waals surface area contributed by atoms with Crippen LogP contribution in [-0.2, 0) is 11.3 Å². The fraction of sp³-hybridized carbons (Fsp3) is 0.444. The van der Waals surface area contributed by atoms with Gasteiger partial charge in [-0.1, -0.05) is 0 Å². The van der Waals surface area contributed by atoms with E-state index in [1.807, 2.05) is 0 Å². The molecule has 0 fully saturated rings. The van der Waals surface area contributed by atoms with Gasteiger partial charge in [0.1, 0.15) is 6.29 Å². The van der Waals surface area contributed by atoms with Crippen LogP contribution >= 0.6 is 0 Å². The molecule has 2 nitrogen and oxygen atoms in total. The Hall–Kier alpha value is -1.05. The highest BCUT2D eigenvalue weighted by molar-refractivity contribution is 5.49. The zero-order chi connectivity index (χ0) is 8.27. The lowest BCUT2D eigenvalue weighted by Crippen LogP contribution is -2.02. The molecule has 60 valence electrons. The van der Waals surface area contributed by atoms with E-state index in [0.717, 1.165) is 12.8 Å². The van der Waals surface area contributed by atoms with Crippen molar-refractivity contribution in [2.24, 2.45) is 0 Å². The first-order valence-corrected chi connectivity index (χ1v) is 3.82. The van der Waals surface area contributed by atoms with Crippen molar-refractivity contribution < 1.29 is 4.79 Å². The molecule has 0 radical (unpaired) electrons. The SMILES string of the molecule is Cc1ccc(C)n1CCC=O. The van der Waals surface area contributed by atoms with Crippen LogP contribution in [-0.4, -0.2) is 10.9 Å². The summed E-state index contributed by atoms with van der Waals surface area (Å²) in [4.78, 5) is 10.1. The van der Waals surface area contributed by atoms with Gasteiger partial charge in [-0.3, -0.25) is 0 Å². The van der Waals surface area contributed by atoms with Crippen LogP contribution in [0.3, 0.4) is 0 Å². The Balaban J connectivity index is 2.74. The maximum Gasteiger partial charge on any atom is 0.121 e. The molecule has 0 amide bonds. The maximum atomic E-state index is 10.1. The summed E-state index contributed by atoms with van der Waals surface area (Å²) in [6, 6.07) is 4.14. The molecule has 0 saturated heterocycles. The molecule has 0 aliphatic heterocycles. The molecule has 0 aliphatic carbocycles. The van der Waals surface area contributed by atoms with Crippen LogP contribution in [0, 0.1) is 13.8 Å². The maximum absolute atomic E-state index is 10.1. The van der Waals surface area contributed by atoms with E-state index in [9.17, 15) is 4.79 Å². The predicted molar refractivity (Wildman–Crippen MR) is 44.6 cm³/mol. The third-order valence-corrected chi connectivity index (χ3v) is 1.89. The van der Waals surface area contributed by atoms with E-state index in [1.165, 1.54) is 11.4 Å². The van der Waals surface area contributed by atoms with Gasteiger partial charge in [0.2, 0.25) is 0 Å². The van der Waals surface area contributed by atoms with Gasteiger partial charge in [-0.2, -0.15) is 0 Å². The Labute approximate surface area is 66.8 Å². The molecule has 0 N–H and O–H groups in total. The predicted octanol–water partition coefficient (Wildman–Crippen LogP) is 1.69. The minimum Gasteiger partial charge on any atom is -0.349 e. The molecule has 1 aromatic heterocycles. The lowest BCUT2D eigenvalue weighted by atomic mass is 10.4. The van der Waals surface area contributed by atoms with Gasteiger partial charge in [0.05, 0.1) is 0 Å². The van der Waals surface area contributed by atoms with Gasteiger partial charge in [-0.05, 0) is 26.0 Å². The van der Waals surface area contributed by atoms with E-state index in [1.54, 1.807) is 0 Å². The molecule has 0 atom stereocenters. The van der Waals surface area contributed by atoms with Gasteiger partial charge in [0, 0.05) is 24.4 Å². The number of carbonyl (C=O) groups is 1. The number of aromatic nitrogens is 1. The van der Waals surface area contributed by atoms with Crippen LogP contribution in [0.1, 0.15) is 17.8 Å². The van der Waals surface area contributed by atoms with Crippen molar-refractivity contribution in [2.45, 2.75) is 26.8 Å². The van der Waals surface area contributed by atoms with Crippen molar-refractivity contribution in [3.63, 3.8) is 0 Å². The molecule has 2 heteroatoms. The molecule has 1 heterocycles. The summed E-state index contributed by atoms with van der Waals surface area (Å²) in [5.74, 6) is 0. The number of hydrogen-bond donors (Lipinski definition) is 0. The zero-order valence-electron chi connectivity index (χ0n) is 7.00. The van der Waals surface area contributed by atoms with Gasteiger partial charge in [0.15, 0.2) is 0 Å². The highest BCUT2D eigenvalue weighted by Crippen LogP contribution is 2.06. The Morgan fingerprint density at radius 2 is 1.91 bits per heavy atom. The Kier molecular flexibility index (Phi) is 2.47. The number of hydrogen-bond acceptors (Lipinski definition) is 1. The van der Waals surface area contributed by atoms with Gasteiger partial charge < -0.3 is 9.36 Å². The summed E-state index contributed by atoms with van der Waals surface area (Å²) in [7, 11) is 0. The minimum absolute atomic E-state index is 0.607. The lowest BCUT2D eigenvalue weighted by molar-refractivity contribution is -0.108. The smallest absolute Gasteiger partial charge is 0.121 e. The number of aryl methyl sites for hydroxylation is 2. The van der Waals surface area contributed by atoms with Crippen LogP contribution in [0.5, 0.6) is 0 Å². The largest absolute Gasteiger partial charge is 0.349 e. The average Bonchev–Trinajstić information content (AvgIpc) is 2.29. The molecular formula is C9H13NO. The first-order valence-electron chi connectivity index (χ1n) is 3.82. The third kappa shape index (κ3) is 1.70. The van der Waals surface area contributed by atoms with E-state index in [4.69, 9.17) is 0 Å². The molecule has 0 aromatic carbocycles. The van der Waals surface area contributed by atoms with Crippen molar-refractivity contribution in [1.29, 1.82) is 0 Å². The van der Waals surface area contributed by atoms with Crippen molar-refractivity contribution >= 4 is 6.29 Å². The van der Waals surface area contributed by atoms with Crippen molar-refractivity contribution in [3.8, 4) is 0 Å². The summed E-state index contributed by atoms with van der Waals surface area (Å²) < 4.78 is 2.15. The van der Waals surface area contributed by atoms with Crippen molar-refractivity contribution in [3.05, 3.63) is 23.5 Å². The van der Waals surface area contributed by atoms with Gasteiger partial charge >= 0.3 is 0 Å². The Bertz CT molecular complexity index is 231. The van der Waals surface area contributed by atoms with Gasteiger partial charge in [0.25, 0.3) is 0 Å². The normalized spacial score (nSPS) is 10.0. The van der Waals surface area contributed by atoms with Crippen LogP contribution in [0.2, 0.25) is 0 Å². The number of rotatable bonds is 3. The Morgan fingerprint density at radius 1 is 1.36 bits per heavy atom. The highest BCUT2D eigenvalue weighted by Gasteiger charge is 1.98. The summed E-state index contributed by atoms with van der Waals surface area (Å²) in [5, 5.41) is 0. The van der Waals surface area contributed by atoms with Crippen molar-refractivity contribution in [1.82, 2.24) is 4.57 Å². The van der Waals surface area contributed by atoms with Crippen molar-refractivity contribution in [2.75, 3.05) is 0 Å². The van der Waals surface area contributed by atoms with E-state index >= 15 is 0 Å². The van der Waals surface area contributed by atoms with E-state index in [2.05, 4.69) is 30.5 Å². The quantitative estimate of drug-likeness (QED) is 0.602. The second kappa shape index (κ2) is 3.37. The third-order valence-electron chi connectivity index (χ3n) is 1.89. The second-order valence-electron chi connectivity index (χ2n) is 2.72. The monoisotopic (exact) mass is 151 g/mol. The fourth-order valence-corrected chi connectivity index (χ4v) is 1.23. The van der Waals surface area contributed by atoms with Gasteiger partial charge in [-0.15, -0.1) is 0 Å². The topological polar surface area (TPSA) is 22.0 Å². The fourth-order valence-electron chi connectivity index (χ4n) is 1.23. The number of carbonyl (C=O) groups excluding carboxylic acids is 1. The first kappa shape index (κ1) is 8.05. The van der Waals surface area contributed by atoms with E-state index in [0.29, 0.717) is 6.42 Å².